The molecule has 0 spiro atoms. The van der Waals surface area contributed by atoms with E-state index in [1.807, 2.05) is 18.2 Å². The van der Waals surface area contributed by atoms with Crippen molar-refractivity contribution < 1.29 is 53.0 Å². The highest BCUT2D eigenvalue weighted by atomic mass is 16.6. The number of aryl methyl sites for hydroxylation is 2. The van der Waals surface area contributed by atoms with Crippen LogP contribution in [-0.2, 0) is 42.9 Å². The smallest absolute Gasteiger partial charge is 0.339 e. The van der Waals surface area contributed by atoms with Crippen molar-refractivity contribution in [1.29, 1.82) is 0 Å². The Morgan fingerprint density at radius 3 is 1.40 bits per heavy atom. The number of amidine groups is 1. The van der Waals surface area contributed by atoms with Crippen molar-refractivity contribution in [2.45, 2.75) is 13.8 Å². The highest BCUT2D eigenvalue weighted by molar-refractivity contribution is 6.23. The molecule has 2 N–H and O–H groups in total. The Kier molecular flexibility index (Phi) is 12.8. The van der Waals surface area contributed by atoms with E-state index in [1.54, 1.807) is 0 Å². The van der Waals surface area contributed by atoms with Crippen molar-refractivity contribution in [2.24, 2.45) is 0 Å². The van der Waals surface area contributed by atoms with E-state index < -0.39 is 57.7 Å². The van der Waals surface area contributed by atoms with Crippen molar-refractivity contribution in [3.63, 3.8) is 0 Å². The number of nitrogens with one attached hydrogen (secondary N) is 2. The zero-order valence-electron chi connectivity index (χ0n) is 27.6. The molecule has 0 radical (unpaired) electrons. The highest BCUT2D eigenvalue weighted by Crippen LogP contribution is 2.40. The van der Waals surface area contributed by atoms with Crippen LogP contribution in [0.1, 0.15) is 16.7 Å². The average molecular weight is 657 g/mol. The normalized spacial score (nSPS) is 12.4. The van der Waals surface area contributed by atoms with E-state index in [1.165, 1.54) is 11.1 Å². The van der Waals surface area contributed by atoms with Gasteiger partial charge in [-0.3, -0.25) is 0 Å². The summed E-state index contributed by atoms with van der Waals surface area (Å²) in [6, 6.07) is 27.1. The minimum absolute atomic E-state index is 0.665. The molecular formula is C36H36N2O10. The van der Waals surface area contributed by atoms with Gasteiger partial charge in [0, 0.05) is 5.57 Å². The molecule has 3 aromatic carbocycles. The van der Waals surface area contributed by atoms with Gasteiger partial charge in [0.15, 0.2) is 0 Å². The standard InChI is InChI=1S/C21H20N2.C15H16O10/c1-16-8-12-19(13-9-16)22-21(18-6-4-3-5-7-18)23-20-14-10-17(2)11-15-20;1-21-11(16)6-7(12(17)22-2)9(14(19)24-4)10(15(20)25-5)8(6)13(18)23-3/h3-15H,1-2H3,(H,22,23);16H,1-5H3. The van der Waals surface area contributed by atoms with Gasteiger partial charge in [-0.1, -0.05) is 53.6 Å². The number of anilines is 1. The third kappa shape index (κ3) is 8.55. The fraction of sp³-hybridized carbons (Fsp3) is 0.194. The Morgan fingerprint density at radius 1 is 0.562 bits per heavy atom. The molecule has 0 saturated heterocycles. The Bertz CT molecular complexity index is 1730. The molecule has 4 rings (SSSR count). The number of carbonyl (C=O) groups excluding carboxylic acids is 4. The lowest BCUT2D eigenvalue weighted by atomic mass is 10.0. The van der Waals surface area contributed by atoms with E-state index in [4.69, 9.17) is 0 Å². The summed E-state index contributed by atoms with van der Waals surface area (Å²) in [6.07, 6.45) is 0. The second-order valence-corrected chi connectivity index (χ2v) is 10.1. The maximum Gasteiger partial charge on any atom is 0.339 e. The largest absolute Gasteiger partial charge is 0.616 e. The molecule has 250 valence electrons. The van der Waals surface area contributed by atoms with Gasteiger partial charge >= 0.3 is 23.9 Å². The van der Waals surface area contributed by atoms with Crippen LogP contribution in [0, 0.1) is 13.8 Å². The molecule has 1 aliphatic rings. The molecular weight excluding hydrogens is 620 g/mol. The van der Waals surface area contributed by atoms with E-state index in [2.05, 4.69) is 109 Å². The number of hydrogen-bond acceptors (Lipinski definition) is 10. The van der Waals surface area contributed by atoms with Gasteiger partial charge in [-0.15, -0.1) is 0 Å². The fourth-order valence-corrected chi connectivity index (χ4v) is 4.50. The van der Waals surface area contributed by atoms with Gasteiger partial charge in [-0.2, -0.15) is 0 Å². The van der Waals surface area contributed by atoms with Gasteiger partial charge in [0.1, 0.15) is 11.4 Å². The van der Waals surface area contributed by atoms with Crippen molar-refractivity contribution >= 4 is 41.1 Å². The lowest BCUT2D eigenvalue weighted by Crippen LogP contribution is -2.68. The number of hydrogen-bond donors (Lipinski definition) is 2. The van der Waals surface area contributed by atoms with Gasteiger partial charge in [-0.05, 0) is 57.4 Å². The van der Waals surface area contributed by atoms with Crippen molar-refractivity contribution in [2.75, 3.05) is 40.9 Å². The van der Waals surface area contributed by atoms with Crippen LogP contribution in [0.5, 0.6) is 0 Å². The summed E-state index contributed by atoms with van der Waals surface area (Å²) in [5.74, 6) is -4.86. The molecule has 0 unspecified atom stereocenters. The third-order valence-corrected chi connectivity index (χ3v) is 6.90. The Balaban J connectivity index is 0.000000261. The zero-order chi connectivity index (χ0) is 35.4. The van der Waals surface area contributed by atoms with Crippen molar-refractivity contribution in [3.05, 3.63) is 129 Å². The molecule has 0 fully saturated rings. The molecule has 0 amide bonds. The molecule has 1 aliphatic carbocycles. The molecule has 0 aromatic heterocycles. The SMILES string of the molecule is COC(=O)C1=C(C(=O)OC)C(C(=O)OC)=C(C(=O)OC)C1=C([O-])OC.Cc1ccc(NC(=[NH+]c2ccc(C)cc2)c2ccccc2)cc1. The molecule has 0 atom stereocenters. The first-order valence-electron chi connectivity index (χ1n) is 14.4. The topological polar surface area (TPSA) is 163 Å². The number of esters is 4. The van der Waals surface area contributed by atoms with Crippen LogP contribution < -0.4 is 15.4 Å². The maximum absolute atomic E-state index is 12.1. The van der Waals surface area contributed by atoms with E-state index in [0.717, 1.165) is 58.3 Å². The van der Waals surface area contributed by atoms with Gasteiger partial charge < -0.3 is 28.8 Å². The van der Waals surface area contributed by atoms with Gasteiger partial charge in [0.2, 0.25) is 0 Å². The first-order chi connectivity index (χ1) is 23.0. The predicted molar refractivity (Wildman–Crippen MR) is 173 cm³/mol. The number of benzene rings is 3. The summed E-state index contributed by atoms with van der Waals surface area (Å²) in [6.45, 7) is 4.19. The van der Waals surface area contributed by atoms with Gasteiger partial charge in [0.25, 0.3) is 5.84 Å². The van der Waals surface area contributed by atoms with Crippen LogP contribution in [-0.4, -0.2) is 65.3 Å². The predicted octanol–water partition coefficient (Wildman–Crippen LogP) is 2.08. The Labute approximate surface area is 277 Å². The fourth-order valence-electron chi connectivity index (χ4n) is 4.50. The van der Waals surface area contributed by atoms with Crippen LogP contribution in [0.15, 0.2) is 113 Å². The number of methoxy groups -OCH3 is 5. The monoisotopic (exact) mass is 656 g/mol. The lowest BCUT2D eigenvalue weighted by molar-refractivity contribution is -0.354. The molecule has 48 heavy (non-hydrogen) atoms. The van der Waals surface area contributed by atoms with Crippen molar-refractivity contribution in [3.8, 4) is 0 Å². The van der Waals surface area contributed by atoms with Crippen molar-refractivity contribution in [1.82, 2.24) is 0 Å². The van der Waals surface area contributed by atoms with E-state index >= 15 is 0 Å². The van der Waals surface area contributed by atoms with E-state index in [9.17, 15) is 24.3 Å². The molecule has 0 heterocycles. The molecule has 0 bridgehead atoms. The molecule has 0 saturated carbocycles. The Hall–Kier alpha value is -6.17. The van der Waals surface area contributed by atoms with Crippen LogP contribution in [0.2, 0.25) is 0 Å². The highest BCUT2D eigenvalue weighted by Gasteiger charge is 2.45. The van der Waals surface area contributed by atoms with Gasteiger partial charge in [-0.25, -0.2) is 29.5 Å². The molecule has 3 aromatic rings. The molecule has 12 nitrogen and oxygen atoms in total. The summed E-state index contributed by atoms with van der Waals surface area (Å²) < 4.78 is 22.7. The second kappa shape index (κ2) is 16.9. The first-order valence-corrected chi connectivity index (χ1v) is 14.4. The second-order valence-electron chi connectivity index (χ2n) is 10.1. The van der Waals surface area contributed by atoms with Gasteiger partial charge in [0.05, 0.1) is 62.2 Å². The van der Waals surface area contributed by atoms with Crippen LogP contribution in [0.4, 0.5) is 11.4 Å². The number of ether oxygens (including phenoxy) is 5. The first kappa shape index (κ1) is 36.3. The number of carbonyl (C=O) groups is 4. The average Bonchev–Trinajstić information content (AvgIpc) is 3.48. The minimum Gasteiger partial charge on any atom is -0.616 e. The van der Waals surface area contributed by atoms with Crippen LogP contribution in [0.25, 0.3) is 0 Å². The zero-order valence-corrected chi connectivity index (χ0v) is 27.6. The van der Waals surface area contributed by atoms with E-state index in [0.29, 0.717) is 0 Å². The summed E-state index contributed by atoms with van der Waals surface area (Å²) in [5, 5.41) is 15.6. The van der Waals surface area contributed by atoms with Crippen LogP contribution in [0.3, 0.4) is 0 Å². The van der Waals surface area contributed by atoms with Crippen LogP contribution >= 0.6 is 0 Å². The minimum atomic E-state index is -1.17. The van der Waals surface area contributed by atoms with E-state index in [-0.39, 0.29) is 0 Å². The Morgan fingerprint density at radius 2 is 0.979 bits per heavy atom. The summed E-state index contributed by atoms with van der Waals surface area (Å²) in [4.78, 5) is 52.1. The molecule has 0 aliphatic heterocycles. The maximum atomic E-state index is 12.1. The third-order valence-electron chi connectivity index (χ3n) is 6.90. The quantitative estimate of drug-likeness (QED) is 0.120. The summed E-state index contributed by atoms with van der Waals surface area (Å²) in [7, 11) is 4.90. The summed E-state index contributed by atoms with van der Waals surface area (Å²) in [5.41, 5.74) is 2.43. The lowest BCUT2D eigenvalue weighted by Gasteiger charge is -2.16. The summed E-state index contributed by atoms with van der Waals surface area (Å²) >= 11 is 0. The number of rotatable bonds is 8. The molecule has 12 heteroatoms.